The highest BCUT2D eigenvalue weighted by Gasteiger charge is 2.26. The smallest absolute Gasteiger partial charge is 0.253 e. The van der Waals surface area contributed by atoms with Crippen molar-refractivity contribution < 1.29 is 4.79 Å². The lowest BCUT2D eigenvalue weighted by atomic mass is 10.0. The molecular formula is C22H24ClN5O. The van der Waals surface area contributed by atoms with Gasteiger partial charge in [0.05, 0.1) is 0 Å². The van der Waals surface area contributed by atoms with Crippen molar-refractivity contribution in [2.24, 2.45) is 0 Å². The fourth-order valence-electron chi connectivity index (χ4n) is 3.81. The highest BCUT2D eigenvalue weighted by atomic mass is 35.5. The molecule has 4 rings (SSSR count). The molecule has 1 aromatic heterocycles. The number of hydrogen-bond donors (Lipinski definition) is 1. The molecule has 2 heterocycles. The lowest BCUT2D eigenvalue weighted by molar-refractivity contribution is 0.0639. The second kappa shape index (κ2) is 8.76. The third kappa shape index (κ3) is 4.66. The van der Waals surface area contributed by atoms with E-state index in [2.05, 4.69) is 39.3 Å². The molecule has 1 N–H and O–H groups in total. The number of rotatable bonds is 5. The number of nitrogens with one attached hydrogen (secondary N) is 1. The first-order chi connectivity index (χ1) is 14.1. The summed E-state index contributed by atoms with van der Waals surface area (Å²) in [6.45, 7) is 2.44. The van der Waals surface area contributed by atoms with Gasteiger partial charge in [0, 0.05) is 41.8 Å². The zero-order valence-electron chi connectivity index (χ0n) is 16.4. The lowest BCUT2D eigenvalue weighted by Gasteiger charge is -2.37. The molecule has 1 aliphatic heterocycles. The van der Waals surface area contributed by atoms with Crippen LogP contribution < -0.4 is 0 Å². The molecule has 0 atom stereocenters. The first-order valence-electron chi connectivity index (χ1n) is 9.80. The van der Waals surface area contributed by atoms with Crippen LogP contribution in [0.5, 0.6) is 0 Å². The lowest BCUT2D eigenvalue weighted by Crippen LogP contribution is -2.45. The number of benzene rings is 2. The summed E-state index contributed by atoms with van der Waals surface area (Å²) in [4.78, 5) is 21.3. The Labute approximate surface area is 175 Å². The van der Waals surface area contributed by atoms with Gasteiger partial charge in [-0.15, -0.1) is 0 Å². The molecular weight excluding hydrogens is 386 g/mol. The Kier molecular flexibility index (Phi) is 5.92. The van der Waals surface area contributed by atoms with Crippen LogP contribution in [-0.4, -0.2) is 57.1 Å². The second-order valence-corrected chi connectivity index (χ2v) is 7.90. The van der Waals surface area contributed by atoms with Gasteiger partial charge in [0.25, 0.3) is 5.91 Å². The van der Waals surface area contributed by atoms with Crippen molar-refractivity contribution in [3.63, 3.8) is 0 Å². The van der Waals surface area contributed by atoms with Crippen molar-refractivity contribution in [3.05, 3.63) is 71.0 Å². The third-order valence-corrected chi connectivity index (χ3v) is 5.78. The van der Waals surface area contributed by atoms with Crippen molar-refractivity contribution >= 4 is 17.5 Å². The molecule has 1 amide bonds. The number of H-pyrrole nitrogens is 1. The summed E-state index contributed by atoms with van der Waals surface area (Å²) in [5, 5.41) is 7.53. The number of aromatic amines is 1. The first kappa shape index (κ1) is 19.6. The van der Waals surface area contributed by atoms with Gasteiger partial charge in [-0.25, -0.2) is 4.98 Å². The van der Waals surface area contributed by atoms with Crippen LogP contribution in [0, 0.1) is 0 Å². The average molecular weight is 410 g/mol. The molecule has 0 aliphatic carbocycles. The molecule has 2 aromatic carbocycles. The normalized spacial score (nSPS) is 15.1. The topological polar surface area (TPSA) is 65.1 Å². The van der Waals surface area contributed by atoms with E-state index >= 15 is 0 Å². The molecule has 150 valence electrons. The van der Waals surface area contributed by atoms with E-state index in [1.807, 2.05) is 41.3 Å². The van der Waals surface area contributed by atoms with E-state index in [-0.39, 0.29) is 5.91 Å². The third-order valence-electron chi connectivity index (χ3n) is 5.53. The number of nitrogens with zero attached hydrogens (tertiary/aromatic N) is 4. The molecule has 0 unspecified atom stereocenters. The van der Waals surface area contributed by atoms with Crippen LogP contribution in [0.3, 0.4) is 0 Å². The molecule has 1 saturated heterocycles. The van der Waals surface area contributed by atoms with Gasteiger partial charge in [0.15, 0.2) is 5.82 Å². The van der Waals surface area contributed by atoms with Gasteiger partial charge < -0.3 is 4.90 Å². The Morgan fingerprint density at radius 2 is 1.83 bits per heavy atom. The highest BCUT2D eigenvalue weighted by Crippen LogP contribution is 2.21. The zero-order chi connectivity index (χ0) is 20.2. The van der Waals surface area contributed by atoms with Crippen molar-refractivity contribution in [1.82, 2.24) is 25.0 Å². The van der Waals surface area contributed by atoms with Crippen LogP contribution in [0.1, 0.15) is 28.8 Å². The summed E-state index contributed by atoms with van der Waals surface area (Å²) in [7, 11) is 2.15. The van der Waals surface area contributed by atoms with Gasteiger partial charge in [-0.05, 0) is 49.7 Å². The minimum absolute atomic E-state index is 0.0883. The molecule has 1 fully saturated rings. The Balaban J connectivity index is 1.31. The van der Waals surface area contributed by atoms with Crippen LogP contribution in [0.15, 0.2) is 54.9 Å². The fraction of sp³-hybridized carbons (Fsp3) is 0.318. The first-order valence-corrected chi connectivity index (χ1v) is 10.2. The molecule has 3 aromatic rings. The Morgan fingerprint density at radius 3 is 2.45 bits per heavy atom. The number of hydrogen-bond acceptors (Lipinski definition) is 4. The maximum Gasteiger partial charge on any atom is 0.253 e. The quantitative estimate of drug-likeness (QED) is 0.694. The van der Waals surface area contributed by atoms with E-state index in [9.17, 15) is 4.79 Å². The minimum Gasteiger partial charge on any atom is -0.339 e. The number of carbonyl (C=O) groups is 1. The van der Waals surface area contributed by atoms with Crippen LogP contribution in [-0.2, 0) is 6.54 Å². The summed E-state index contributed by atoms with van der Waals surface area (Å²) < 4.78 is 0. The number of likely N-dealkylation sites (tertiary alicyclic amines) is 1. The molecule has 29 heavy (non-hydrogen) atoms. The number of aromatic nitrogens is 3. The maximum atomic E-state index is 12.9. The summed E-state index contributed by atoms with van der Waals surface area (Å²) in [6.07, 6.45) is 3.50. The van der Waals surface area contributed by atoms with Crippen molar-refractivity contribution in [2.45, 2.75) is 25.4 Å². The van der Waals surface area contributed by atoms with Gasteiger partial charge in [-0.2, -0.15) is 5.10 Å². The van der Waals surface area contributed by atoms with E-state index in [0.717, 1.165) is 43.1 Å². The molecule has 7 heteroatoms. The molecule has 0 radical (unpaired) electrons. The summed E-state index contributed by atoms with van der Waals surface area (Å²) >= 11 is 5.97. The van der Waals surface area contributed by atoms with Crippen LogP contribution >= 0.6 is 11.6 Å². The fourth-order valence-corrected chi connectivity index (χ4v) is 3.94. The van der Waals surface area contributed by atoms with E-state index in [4.69, 9.17) is 11.6 Å². The van der Waals surface area contributed by atoms with E-state index < -0.39 is 0 Å². The monoisotopic (exact) mass is 409 g/mol. The summed E-state index contributed by atoms with van der Waals surface area (Å²) in [5.74, 6) is 0.721. The van der Waals surface area contributed by atoms with Gasteiger partial charge >= 0.3 is 0 Å². The minimum atomic E-state index is 0.0883. The van der Waals surface area contributed by atoms with E-state index in [0.29, 0.717) is 17.4 Å². The van der Waals surface area contributed by atoms with Gasteiger partial charge in [-0.1, -0.05) is 35.9 Å². The van der Waals surface area contributed by atoms with Crippen LogP contribution in [0.2, 0.25) is 5.02 Å². The Hall–Kier alpha value is -2.70. The summed E-state index contributed by atoms with van der Waals surface area (Å²) in [6, 6.07) is 16.0. The Bertz CT molecular complexity index is 932. The number of piperidine rings is 1. The predicted octanol–water partition coefficient (Wildman–Crippen LogP) is 3.86. The molecule has 0 spiro atoms. The van der Waals surface area contributed by atoms with Crippen molar-refractivity contribution in [3.8, 4) is 11.4 Å². The molecule has 0 bridgehead atoms. The van der Waals surface area contributed by atoms with Gasteiger partial charge in [0.1, 0.15) is 6.33 Å². The van der Waals surface area contributed by atoms with E-state index in [1.165, 1.54) is 5.56 Å². The second-order valence-electron chi connectivity index (χ2n) is 7.47. The average Bonchev–Trinajstić information content (AvgIpc) is 3.30. The zero-order valence-corrected chi connectivity index (χ0v) is 17.1. The predicted molar refractivity (Wildman–Crippen MR) is 114 cm³/mol. The number of halogens is 1. The van der Waals surface area contributed by atoms with Gasteiger partial charge in [-0.3, -0.25) is 14.8 Å². The SMILES string of the molecule is CN(Cc1ccc(Cl)cc1)C1CCN(C(=O)c2ccc(-c3nc[nH]n3)cc2)CC1. The van der Waals surface area contributed by atoms with Crippen molar-refractivity contribution in [2.75, 3.05) is 20.1 Å². The largest absolute Gasteiger partial charge is 0.339 e. The van der Waals surface area contributed by atoms with Gasteiger partial charge in [0.2, 0.25) is 0 Å². The highest BCUT2D eigenvalue weighted by molar-refractivity contribution is 6.30. The summed E-state index contributed by atoms with van der Waals surface area (Å²) in [5.41, 5.74) is 2.85. The number of amides is 1. The van der Waals surface area contributed by atoms with Crippen molar-refractivity contribution in [1.29, 1.82) is 0 Å². The molecule has 6 nitrogen and oxygen atoms in total. The number of carbonyl (C=O) groups excluding carboxylic acids is 1. The molecule has 0 saturated carbocycles. The van der Waals surface area contributed by atoms with E-state index in [1.54, 1.807) is 6.33 Å². The van der Waals surface area contributed by atoms with Crippen LogP contribution in [0.4, 0.5) is 0 Å². The van der Waals surface area contributed by atoms with Crippen LogP contribution in [0.25, 0.3) is 11.4 Å². The maximum absolute atomic E-state index is 12.9. The Morgan fingerprint density at radius 1 is 1.14 bits per heavy atom. The standard InChI is InChI=1S/C22H24ClN5O/c1-27(14-16-2-8-19(23)9-3-16)20-10-12-28(13-11-20)22(29)18-6-4-17(5-7-18)21-24-15-25-26-21/h2-9,15,20H,10-14H2,1H3,(H,24,25,26). The molecule has 1 aliphatic rings.